The van der Waals surface area contributed by atoms with Crippen molar-refractivity contribution in [1.82, 2.24) is 15.0 Å². The molecule has 0 saturated carbocycles. The lowest BCUT2D eigenvalue weighted by molar-refractivity contribution is 0.509. The van der Waals surface area contributed by atoms with Crippen LogP contribution in [0.1, 0.15) is 18.5 Å². The molecule has 2 heterocycles. The lowest BCUT2D eigenvalue weighted by atomic mass is 10.0. The fraction of sp³-hybridized carbons (Fsp3) is 0.0741. The molecule has 1 unspecified atom stereocenters. The minimum Gasteiger partial charge on any atom is -0.363 e. The zero-order valence-corrected chi connectivity index (χ0v) is 17.8. The lowest BCUT2D eigenvalue weighted by Gasteiger charge is -2.18. The van der Waals surface area contributed by atoms with Crippen LogP contribution in [-0.2, 0) is 0 Å². The normalized spacial score (nSPS) is 12.0. The van der Waals surface area contributed by atoms with Gasteiger partial charge in [0.25, 0.3) is 0 Å². The number of aromatic nitrogens is 3. The maximum atomic E-state index is 13.8. The first-order valence-corrected chi connectivity index (χ1v) is 10.6. The summed E-state index contributed by atoms with van der Waals surface area (Å²) in [6.45, 7) is 2.06. The standard InChI is InChI=1S/C27H20F2N4/c1-17(18-6-3-2-4-7-18)31-27-22-14-19(20-9-11-23(28)24(29)15-20)10-12-25(22)32-26(33-27)21-8-5-13-30-16-21/h2-17H,1H3,(H,31,32,33). The van der Waals surface area contributed by atoms with E-state index in [1.54, 1.807) is 18.5 Å². The number of fused-ring (bicyclic) bond motifs is 1. The maximum absolute atomic E-state index is 13.8. The van der Waals surface area contributed by atoms with E-state index in [1.807, 2.05) is 48.5 Å². The third-order valence-electron chi connectivity index (χ3n) is 5.52. The number of nitrogens with one attached hydrogen (secondary N) is 1. The van der Waals surface area contributed by atoms with E-state index in [4.69, 9.17) is 9.97 Å². The van der Waals surface area contributed by atoms with Crippen molar-refractivity contribution in [3.8, 4) is 22.5 Å². The largest absolute Gasteiger partial charge is 0.363 e. The highest BCUT2D eigenvalue weighted by molar-refractivity contribution is 5.94. The molecule has 0 aliphatic rings. The second-order valence-corrected chi connectivity index (χ2v) is 7.78. The Bertz CT molecular complexity index is 1420. The van der Waals surface area contributed by atoms with Gasteiger partial charge in [-0.1, -0.05) is 42.5 Å². The smallest absolute Gasteiger partial charge is 0.163 e. The Morgan fingerprint density at radius 1 is 0.758 bits per heavy atom. The minimum atomic E-state index is -0.883. The molecule has 0 radical (unpaired) electrons. The third kappa shape index (κ3) is 4.28. The monoisotopic (exact) mass is 438 g/mol. The van der Waals surface area contributed by atoms with E-state index >= 15 is 0 Å². The predicted octanol–water partition coefficient (Wildman–Crippen LogP) is 6.81. The SMILES string of the molecule is CC(Nc1nc(-c2cccnc2)nc2ccc(-c3ccc(F)c(F)c3)cc12)c1ccccc1. The first-order chi connectivity index (χ1) is 16.1. The number of anilines is 1. The summed E-state index contributed by atoms with van der Waals surface area (Å²) >= 11 is 0. The van der Waals surface area contributed by atoms with Crippen LogP contribution in [0.25, 0.3) is 33.4 Å². The summed E-state index contributed by atoms with van der Waals surface area (Å²) in [5.41, 5.74) is 3.98. The van der Waals surface area contributed by atoms with Crippen molar-refractivity contribution in [2.24, 2.45) is 0 Å². The van der Waals surface area contributed by atoms with Crippen LogP contribution in [-0.4, -0.2) is 15.0 Å². The molecule has 0 fully saturated rings. The molecule has 4 nitrogen and oxygen atoms in total. The fourth-order valence-electron chi connectivity index (χ4n) is 3.75. The summed E-state index contributed by atoms with van der Waals surface area (Å²) in [6, 6.07) is 23.3. The molecule has 2 aromatic heterocycles. The molecular weight excluding hydrogens is 418 g/mol. The van der Waals surface area contributed by atoms with Crippen LogP contribution in [0.15, 0.2) is 91.3 Å². The van der Waals surface area contributed by atoms with Crippen molar-refractivity contribution in [2.45, 2.75) is 13.0 Å². The topological polar surface area (TPSA) is 50.7 Å². The van der Waals surface area contributed by atoms with Gasteiger partial charge in [-0.05, 0) is 60.0 Å². The highest BCUT2D eigenvalue weighted by Crippen LogP contribution is 2.32. The molecule has 6 heteroatoms. The van der Waals surface area contributed by atoms with E-state index in [-0.39, 0.29) is 6.04 Å². The van der Waals surface area contributed by atoms with Crippen LogP contribution in [0.3, 0.4) is 0 Å². The van der Waals surface area contributed by atoms with Gasteiger partial charge < -0.3 is 5.32 Å². The molecule has 1 N–H and O–H groups in total. The zero-order chi connectivity index (χ0) is 22.8. The molecule has 162 valence electrons. The minimum absolute atomic E-state index is 0.0158. The lowest BCUT2D eigenvalue weighted by Crippen LogP contribution is -2.09. The van der Waals surface area contributed by atoms with E-state index in [0.29, 0.717) is 17.2 Å². The molecule has 0 amide bonds. The fourth-order valence-corrected chi connectivity index (χ4v) is 3.75. The first-order valence-electron chi connectivity index (χ1n) is 10.6. The molecule has 5 rings (SSSR count). The van der Waals surface area contributed by atoms with Gasteiger partial charge in [0, 0.05) is 29.4 Å². The van der Waals surface area contributed by atoms with Crippen LogP contribution in [0.2, 0.25) is 0 Å². The quantitative estimate of drug-likeness (QED) is 0.327. The number of hydrogen-bond acceptors (Lipinski definition) is 4. The van der Waals surface area contributed by atoms with Crippen LogP contribution >= 0.6 is 0 Å². The Hall–Kier alpha value is -4.19. The molecular formula is C27H20F2N4. The molecule has 0 saturated heterocycles. The van der Waals surface area contributed by atoms with Crippen molar-refractivity contribution in [2.75, 3.05) is 5.32 Å². The van der Waals surface area contributed by atoms with Gasteiger partial charge in [0.1, 0.15) is 5.82 Å². The molecule has 3 aromatic carbocycles. The average molecular weight is 438 g/mol. The van der Waals surface area contributed by atoms with Gasteiger partial charge >= 0.3 is 0 Å². The van der Waals surface area contributed by atoms with E-state index < -0.39 is 11.6 Å². The summed E-state index contributed by atoms with van der Waals surface area (Å²) in [4.78, 5) is 13.7. The van der Waals surface area contributed by atoms with Crippen molar-refractivity contribution in [1.29, 1.82) is 0 Å². The molecule has 33 heavy (non-hydrogen) atoms. The summed E-state index contributed by atoms with van der Waals surface area (Å²) in [6.07, 6.45) is 3.43. The van der Waals surface area contributed by atoms with Gasteiger partial charge in [0.15, 0.2) is 17.5 Å². The number of rotatable bonds is 5. The molecule has 0 bridgehead atoms. The van der Waals surface area contributed by atoms with Crippen molar-refractivity contribution < 1.29 is 8.78 Å². The van der Waals surface area contributed by atoms with Crippen molar-refractivity contribution >= 4 is 16.7 Å². The molecule has 0 spiro atoms. The van der Waals surface area contributed by atoms with E-state index in [2.05, 4.69) is 29.4 Å². The predicted molar refractivity (Wildman–Crippen MR) is 127 cm³/mol. The summed E-state index contributed by atoms with van der Waals surface area (Å²) in [5.74, 6) is -0.548. The summed E-state index contributed by atoms with van der Waals surface area (Å²) < 4.78 is 27.3. The molecule has 5 aromatic rings. The molecule has 0 aliphatic carbocycles. The van der Waals surface area contributed by atoms with Crippen LogP contribution in [0.4, 0.5) is 14.6 Å². The Labute approximate surface area is 190 Å². The van der Waals surface area contributed by atoms with Gasteiger partial charge in [0.2, 0.25) is 0 Å². The Kier molecular flexibility index (Phi) is 5.48. The second-order valence-electron chi connectivity index (χ2n) is 7.78. The second kappa shape index (κ2) is 8.74. The van der Waals surface area contributed by atoms with Crippen LogP contribution in [0, 0.1) is 11.6 Å². The number of hydrogen-bond donors (Lipinski definition) is 1. The Morgan fingerprint density at radius 3 is 2.30 bits per heavy atom. The number of pyridine rings is 1. The van der Waals surface area contributed by atoms with Gasteiger partial charge in [0.05, 0.1) is 5.52 Å². The van der Waals surface area contributed by atoms with E-state index in [9.17, 15) is 8.78 Å². The highest BCUT2D eigenvalue weighted by atomic mass is 19.2. The van der Waals surface area contributed by atoms with Crippen molar-refractivity contribution in [3.05, 3.63) is 108 Å². The van der Waals surface area contributed by atoms with E-state index in [0.717, 1.165) is 33.7 Å². The maximum Gasteiger partial charge on any atom is 0.163 e. The highest BCUT2D eigenvalue weighted by Gasteiger charge is 2.14. The number of nitrogens with zero attached hydrogens (tertiary/aromatic N) is 3. The third-order valence-corrected chi connectivity index (χ3v) is 5.52. The van der Waals surface area contributed by atoms with Gasteiger partial charge in [-0.15, -0.1) is 0 Å². The Morgan fingerprint density at radius 2 is 1.55 bits per heavy atom. The van der Waals surface area contributed by atoms with Crippen molar-refractivity contribution in [3.63, 3.8) is 0 Å². The first kappa shape index (κ1) is 20.7. The molecule has 1 atom stereocenters. The van der Waals surface area contributed by atoms with E-state index in [1.165, 1.54) is 6.07 Å². The zero-order valence-electron chi connectivity index (χ0n) is 17.8. The summed E-state index contributed by atoms with van der Waals surface area (Å²) in [5, 5.41) is 4.29. The van der Waals surface area contributed by atoms with Gasteiger partial charge in [-0.2, -0.15) is 0 Å². The van der Waals surface area contributed by atoms with Gasteiger partial charge in [-0.3, -0.25) is 4.98 Å². The Balaban J connectivity index is 1.64. The van der Waals surface area contributed by atoms with Crippen LogP contribution < -0.4 is 5.32 Å². The number of benzene rings is 3. The molecule has 0 aliphatic heterocycles. The average Bonchev–Trinajstić information content (AvgIpc) is 2.86. The van der Waals surface area contributed by atoms with Crippen LogP contribution in [0.5, 0.6) is 0 Å². The number of halogens is 2. The summed E-state index contributed by atoms with van der Waals surface area (Å²) in [7, 11) is 0. The van der Waals surface area contributed by atoms with Gasteiger partial charge in [-0.25, -0.2) is 18.7 Å².